The van der Waals surface area contributed by atoms with Gasteiger partial charge in [-0.25, -0.2) is 9.18 Å². The van der Waals surface area contributed by atoms with Gasteiger partial charge in [-0.15, -0.1) is 0 Å². The minimum atomic E-state index is -0.445. The van der Waals surface area contributed by atoms with E-state index >= 15 is 0 Å². The molecule has 0 atom stereocenters. The van der Waals surface area contributed by atoms with Gasteiger partial charge in [0.15, 0.2) is 0 Å². The van der Waals surface area contributed by atoms with E-state index in [0.717, 1.165) is 12.0 Å². The number of likely N-dealkylation sites (tertiary alicyclic amines) is 1. The number of hydrogen-bond acceptors (Lipinski definition) is 2. The molecule has 4 heteroatoms. The van der Waals surface area contributed by atoms with Gasteiger partial charge in [0.05, 0.1) is 0 Å². The number of ether oxygens (including phenoxy) is 1. The van der Waals surface area contributed by atoms with E-state index in [9.17, 15) is 9.18 Å². The molecule has 1 aliphatic rings. The van der Waals surface area contributed by atoms with Gasteiger partial charge in [-0.1, -0.05) is 12.1 Å². The zero-order valence-electron chi connectivity index (χ0n) is 11.6. The normalized spacial score (nSPS) is 16.1. The molecule has 1 aromatic carbocycles. The van der Waals surface area contributed by atoms with E-state index in [1.165, 1.54) is 12.1 Å². The fourth-order valence-electron chi connectivity index (χ4n) is 2.13. The van der Waals surface area contributed by atoms with Gasteiger partial charge in [0.25, 0.3) is 0 Å². The molecule has 1 heterocycles. The lowest BCUT2D eigenvalue weighted by atomic mass is 9.92. The first kappa shape index (κ1) is 13.8. The summed E-state index contributed by atoms with van der Waals surface area (Å²) in [6.45, 7) is 7.01. The zero-order valence-corrected chi connectivity index (χ0v) is 11.6. The third kappa shape index (κ3) is 3.94. The van der Waals surface area contributed by atoms with Gasteiger partial charge in [0, 0.05) is 13.1 Å². The van der Waals surface area contributed by atoms with Crippen molar-refractivity contribution in [1.29, 1.82) is 0 Å². The van der Waals surface area contributed by atoms with Crippen molar-refractivity contribution in [2.24, 2.45) is 5.92 Å². The molecule has 104 valence electrons. The molecule has 2 rings (SSSR count). The third-order valence-electron chi connectivity index (χ3n) is 3.05. The average molecular weight is 265 g/mol. The van der Waals surface area contributed by atoms with Crippen LogP contribution in [-0.4, -0.2) is 29.7 Å². The number of benzene rings is 1. The zero-order chi connectivity index (χ0) is 14.0. The Bertz CT molecular complexity index is 444. The number of carbonyl (C=O) groups is 1. The predicted molar refractivity (Wildman–Crippen MR) is 71.4 cm³/mol. The lowest BCUT2D eigenvalue weighted by molar-refractivity contribution is -0.000877. The van der Waals surface area contributed by atoms with Crippen LogP contribution in [0.4, 0.5) is 9.18 Å². The van der Waals surface area contributed by atoms with E-state index in [1.54, 1.807) is 17.0 Å². The molecule has 0 unspecified atom stereocenters. The van der Waals surface area contributed by atoms with Gasteiger partial charge >= 0.3 is 6.09 Å². The van der Waals surface area contributed by atoms with E-state index in [4.69, 9.17) is 4.74 Å². The monoisotopic (exact) mass is 265 g/mol. The summed E-state index contributed by atoms with van der Waals surface area (Å²) in [5, 5.41) is 0. The molecule has 0 bridgehead atoms. The molecule has 0 aliphatic carbocycles. The maximum atomic E-state index is 12.8. The Balaban J connectivity index is 1.77. The summed E-state index contributed by atoms with van der Waals surface area (Å²) >= 11 is 0. The standard InChI is InChI=1S/C15H20FNO2/c1-15(2,3)19-14(18)17-9-12(10-17)8-11-4-6-13(16)7-5-11/h4-7,12H,8-10H2,1-3H3. The van der Waals surface area contributed by atoms with Crippen molar-refractivity contribution in [2.75, 3.05) is 13.1 Å². The van der Waals surface area contributed by atoms with E-state index in [0.29, 0.717) is 19.0 Å². The van der Waals surface area contributed by atoms with E-state index in [2.05, 4.69) is 0 Å². The summed E-state index contributed by atoms with van der Waals surface area (Å²) in [5.74, 6) is 0.228. The van der Waals surface area contributed by atoms with Crippen molar-refractivity contribution in [3.8, 4) is 0 Å². The average Bonchev–Trinajstić information content (AvgIpc) is 2.22. The first-order chi connectivity index (χ1) is 8.83. The van der Waals surface area contributed by atoms with E-state index in [-0.39, 0.29) is 11.9 Å². The van der Waals surface area contributed by atoms with Crippen molar-refractivity contribution in [2.45, 2.75) is 32.8 Å². The number of amides is 1. The van der Waals surface area contributed by atoms with Crippen molar-refractivity contribution in [3.63, 3.8) is 0 Å². The molecular weight excluding hydrogens is 245 g/mol. The van der Waals surface area contributed by atoms with Crippen LogP contribution < -0.4 is 0 Å². The molecule has 1 aliphatic heterocycles. The van der Waals surface area contributed by atoms with Crippen molar-refractivity contribution >= 4 is 6.09 Å². The summed E-state index contributed by atoms with van der Waals surface area (Å²) in [6.07, 6.45) is 0.627. The first-order valence-electron chi connectivity index (χ1n) is 6.56. The molecule has 1 saturated heterocycles. The second-order valence-corrected chi connectivity index (χ2v) is 6.08. The molecular formula is C15H20FNO2. The topological polar surface area (TPSA) is 29.5 Å². The SMILES string of the molecule is CC(C)(C)OC(=O)N1CC(Cc2ccc(F)cc2)C1. The fourth-order valence-corrected chi connectivity index (χ4v) is 2.13. The van der Waals surface area contributed by atoms with Gasteiger partial charge in [0.2, 0.25) is 0 Å². The lowest BCUT2D eigenvalue weighted by Crippen LogP contribution is -2.52. The Labute approximate surface area is 113 Å². The molecule has 3 nitrogen and oxygen atoms in total. The molecule has 0 spiro atoms. The summed E-state index contributed by atoms with van der Waals surface area (Å²) in [5.41, 5.74) is 0.661. The Morgan fingerprint density at radius 3 is 2.42 bits per heavy atom. The van der Waals surface area contributed by atoms with Gasteiger partial charge < -0.3 is 9.64 Å². The van der Waals surface area contributed by atoms with E-state index in [1.807, 2.05) is 20.8 Å². The van der Waals surface area contributed by atoms with Crippen LogP contribution in [0.5, 0.6) is 0 Å². The van der Waals surface area contributed by atoms with Crippen molar-refractivity contribution < 1.29 is 13.9 Å². The number of carbonyl (C=O) groups excluding carboxylic acids is 1. The Hall–Kier alpha value is -1.58. The summed E-state index contributed by atoms with van der Waals surface area (Å²) in [6, 6.07) is 6.54. The molecule has 1 fully saturated rings. The van der Waals surface area contributed by atoms with Crippen LogP contribution in [0.25, 0.3) is 0 Å². The van der Waals surface area contributed by atoms with Crippen LogP contribution in [0.1, 0.15) is 26.3 Å². The smallest absolute Gasteiger partial charge is 0.410 e. The molecule has 0 aromatic heterocycles. The van der Waals surface area contributed by atoms with Gasteiger partial charge in [-0.3, -0.25) is 0 Å². The number of nitrogens with zero attached hydrogens (tertiary/aromatic N) is 1. The highest BCUT2D eigenvalue weighted by Gasteiger charge is 2.33. The predicted octanol–water partition coefficient (Wildman–Crippen LogP) is 3.24. The Kier molecular flexibility index (Phi) is 3.78. The highest BCUT2D eigenvalue weighted by molar-refractivity contribution is 5.69. The first-order valence-corrected chi connectivity index (χ1v) is 6.56. The van der Waals surface area contributed by atoms with Gasteiger partial charge in [0.1, 0.15) is 11.4 Å². The number of rotatable bonds is 2. The Morgan fingerprint density at radius 2 is 1.89 bits per heavy atom. The molecule has 19 heavy (non-hydrogen) atoms. The van der Waals surface area contributed by atoms with Crippen LogP contribution in [0.3, 0.4) is 0 Å². The van der Waals surface area contributed by atoms with Crippen molar-refractivity contribution in [1.82, 2.24) is 4.90 Å². The largest absolute Gasteiger partial charge is 0.444 e. The molecule has 0 saturated carbocycles. The fraction of sp³-hybridized carbons (Fsp3) is 0.533. The second kappa shape index (κ2) is 5.19. The second-order valence-electron chi connectivity index (χ2n) is 6.08. The van der Waals surface area contributed by atoms with E-state index < -0.39 is 5.60 Å². The van der Waals surface area contributed by atoms with Crippen LogP contribution >= 0.6 is 0 Å². The molecule has 1 amide bonds. The maximum Gasteiger partial charge on any atom is 0.410 e. The van der Waals surface area contributed by atoms with Crippen LogP contribution in [-0.2, 0) is 11.2 Å². The summed E-state index contributed by atoms with van der Waals surface area (Å²) < 4.78 is 18.1. The van der Waals surface area contributed by atoms with Crippen LogP contribution in [0.2, 0.25) is 0 Å². The molecule has 0 N–H and O–H groups in total. The molecule has 0 radical (unpaired) electrons. The Morgan fingerprint density at radius 1 is 1.32 bits per heavy atom. The lowest BCUT2D eigenvalue weighted by Gasteiger charge is -2.39. The minimum Gasteiger partial charge on any atom is -0.444 e. The molecule has 1 aromatic rings. The van der Waals surface area contributed by atoms with Crippen LogP contribution in [0, 0.1) is 11.7 Å². The number of hydrogen-bond donors (Lipinski definition) is 0. The summed E-state index contributed by atoms with van der Waals surface area (Å²) in [7, 11) is 0. The minimum absolute atomic E-state index is 0.215. The number of halogens is 1. The van der Waals surface area contributed by atoms with Gasteiger partial charge in [-0.2, -0.15) is 0 Å². The van der Waals surface area contributed by atoms with Gasteiger partial charge in [-0.05, 0) is 50.8 Å². The highest BCUT2D eigenvalue weighted by Crippen LogP contribution is 2.23. The summed E-state index contributed by atoms with van der Waals surface area (Å²) in [4.78, 5) is 13.4. The van der Waals surface area contributed by atoms with Crippen LogP contribution in [0.15, 0.2) is 24.3 Å². The van der Waals surface area contributed by atoms with Crippen molar-refractivity contribution in [3.05, 3.63) is 35.6 Å². The highest BCUT2D eigenvalue weighted by atomic mass is 19.1. The maximum absolute atomic E-state index is 12.8. The quantitative estimate of drug-likeness (QED) is 0.821. The third-order valence-corrected chi connectivity index (χ3v) is 3.05.